The molecule has 0 fully saturated rings. The lowest BCUT2D eigenvalue weighted by Crippen LogP contribution is -2.31. The van der Waals surface area contributed by atoms with Gasteiger partial charge in [0, 0.05) is 17.7 Å². The molecule has 9 nitrogen and oxygen atoms in total. The maximum Gasteiger partial charge on any atom is 0.337 e. The minimum Gasteiger partial charge on any atom is -0.463 e. The van der Waals surface area contributed by atoms with Crippen molar-refractivity contribution < 1.29 is 9.66 Å². The maximum absolute atomic E-state index is 12.0. The molecule has 0 aliphatic carbocycles. The van der Waals surface area contributed by atoms with Crippen LogP contribution in [-0.2, 0) is 0 Å². The zero-order chi connectivity index (χ0) is 14.7. The van der Waals surface area contributed by atoms with E-state index in [4.69, 9.17) is 10.6 Å². The smallest absolute Gasteiger partial charge is 0.337 e. The fourth-order valence-electron chi connectivity index (χ4n) is 1.53. The molecule has 9 heteroatoms. The molecule has 1 aromatic carbocycles. The van der Waals surface area contributed by atoms with Crippen molar-refractivity contribution in [3.63, 3.8) is 0 Å². The number of nitro groups is 1. The Morgan fingerprint density at radius 3 is 2.55 bits per heavy atom. The second-order valence-electron chi connectivity index (χ2n) is 3.74. The quantitative estimate of drug-likeness (QED) is 0.484. The zero-order valence-electron chi connectivity index (χ0n) is 10.5. The van der Waals surface area contributed by atoms with Gasteiger partial charge < -0.3 is 10.6 Å². The number of nitrogens with zero attached hydrogens (tertiary/aromatic N) is 4. The van der Waals surface area contributed by atoms with Crippen LogP contribution < -0.4 is 16.1 Å². The molecule has 0 saturated carbocycles. The second kappa shape index (κ2) is 5.34. The fraction of sp³-hybridized carbons (Fsp3) is 0.182. The summed E-state index contributed by atoms with van der Waals surface area (Å²) < 4.78 is 5.78. The normalized spacial score (nSPS) is 10.2. The first-order valence-electron chi connectivity index (χ1n) is 5.67. The number of aromatic nitrogens is 3. The van der Waals surface area contributed by atoms with Crippen molar-refractivity contribution in [3.05, 3.63) is 44.7 Å². The van der Waals surface area contributed by atoms with E-state index in [2.05, 4.69) is 10.2 Å². The summed E-state index contributed by atoms with van der Waals surface area (Å²) in [7, 11) is 0. The molecule has 2 aromatic rings. The van der Waals surface area contributed by atoms with Gasteiger partial charge in [-0.05, 0) is 19.1 Å². The molecule has 104 valence electrons. The van der Waals surface area contributed by atoms with Crippen LogP contribution in [-0.4, -0.2) is 26.4 Å². The number of hydrogen-bond donors (Lipinski definition) is 1. The van der Waals surface area contributed by atoms with Gasteiger partial charge in [0.1, 0.15) is 0 Å². The molecule has 2 N–H and O–H groups in total. The lowest BCUT2D eigenvalue weighted by Gasteiger charge is -2.07. The van der Waals surface area contributed by atoms with Gasteiger partial charge in [0.25, 0.3) is 5.69 Å². The average molecular weight is 277 g/mol. The van der Waals surface area contributed by atoms with Gasteiger partial charge >= 0.3 is 11.6 Å². The van der Waals surface area contributed by atoms with Crippen molar-refractivity contribution in [2.24, 2.45) is 0 Å². The molecule has 0 spiro atoms. The molecular formula is C11H11N5O4. The number of ether oxygens (including phenoxy) is 1. The lowest BCUT2D eigenvalue weighted by molar-refractivity contribution is -0.384. The van der Waals surface area contributed by atoms with Gasteiger partial charge in [0.05, 0.1) is 11.5 Å². The highest BCUT2D eigenvalue weighted by Crippen LogP contribution is 2.18. The highest BCUT2D eigenvalue weighted by molar-refractivity contribution is 5.59. The number of hydrogen-bond acceptors (Lipinski definition) is 7. The summed E-state index contributed by atoms with van der Waals surface area (Å²) in [6.07, 6.45) is 0. The van der Waals surface area contributed by atoms with E-state index >= 15 is 0 Å². The van der Waals surface area contributed by atoms with Crippen molar-refractivity contribution in [2.45, 2.75) is 6.92 Å². The van der Waals surface area contributed by atoms with Gasteiger partial charge in [0.2, 0.25) is 0 Å². The molecule has 0 unspecified atom stereocenters. The van der Waals surface area contributed by atoms with Crippen molar-refractivity contribution in [3.8, 4) is 17.3 Å². The van der Waals surface area contributed by atoms with Crippen molar-refractivity contribution >= 4 is 5.69 Å². The van der Waals surface area contributed by atoms with E-state index in [1.165, 1.54) is 24.3 Å². The van der Waals surface area contributed by atoms with Crippen LogP contribution in [0.25, 0.3) is 11.3 Å². The molecule has 0 saturated heterocycles. The minimum atomic E-state index is -0.600. The van der Waals surface area contributed by atoms with Gasteiger partial charge in [0.15, 0.2) is 5.69 Å². The summed E-state index contributed by atoms with van der Waals surface area (Å²) in [6, 6.07) is 5.26. The molecule has 0 bridgehead atoms. The summed E-state index contributed by atoms with van der Waals surface area (Å²) in [5.41, 5.74) is -0.306. The topological polar surface area (TPSA) is 126 Å². The molecule has 0 radical (unpaired) electrons. The predicted octanol–water partition coefficient (Wildman–Crippen LogP) is 0.326. The Morgan fingerprint density at radius 2 is 2.00 bits per heavy atom. The molecule has 0 amide bonds. The van der Waals surface area contributed by atoms with E-state index in [0.717, 1.165) is 4.68 Å². The Bertz CT molecular complexity index is 695. The molecule has 1 heterocycles. The lowest BCUT2D eigenvalue weighted by atomic mass is 10.1. The SMILES string of the molecule is CCOc1nnc(-c2ccc([N+](=O)[O-])cc2)c(=O)n1N. The predicted molar refractivity (Wildman–Crippen MR) is 69.7 cm³/mol. The number of benzene rings is 1. The standard InChI is InChI=1S/C11H11N5O4/c1-2-20-11-14-13-9(10(17)15(11)12)7-3-5-8(6-4-7)16(18)19/h3-6H,2,12H2,1H3. The summed E-state index contributed by atoms with van der Waals surface area (Å²) in [4.78, 5) is 22.0. The zero-order valence-corrected chi connectivity index (χ0v) is 10.5. The van der Waals surface area contributed by atoms with Crippen LogP contribution in [0.2, 0.25) is 0 Å². The molecular weight excluding hydrogens is 266 g/mol. The minimum absolute atomic E-state index is 0.00847. The van der Waals surface area contributed by atoms with Gasteiger partial charge in [-0.1, -0.05) is 5.10 Å². The maximum atomic E-state index is 12.0. The largest absolute Gasteiger partial charge is 0.463 e. The Balaban J connectivity index is 2.45. The Hall–Kier alpha value is -2.97. The number of rotatable bonds is 4. The first-order chi connectivity index (χ1) is 9.54. The van der Waals surface area contributed by atoms with Gasteiger partial charge in [-0.2, -0.15) is 4.68 Å². The first kappa shape index (κ1) is 13.5. The van der Waals surface area contributed by atoms with Gasteiger partial charge in [-0.25, -0.2) is 0 Å². The van der Waals surface area contributed by atoms with Gasteiger partial charge in [-0.15, -0.1) is 5.10 Å². The monoisotopic (exact) mass is 277 g/mol. The Kier molecular flexibility index (Phi) is 3.60. The van der Waals surface area contributed by atoms with Crippen LogP contribution in [0.15, 0.2) is 29.1 Å². The number of non-ortho nitro benzene ring substituents is 1. The number of nitro benzene ring substituents is 1. The third-order valence-electron chi connectivity index (χ3n) is 2.49. The molecule has 0 aliphatic heterocycles. The van der Waals surface area contributed by atoms with Crippen LogP contribution in [0, 0.1) is 10.1 Å². The highest BCUT2D eigenvalue weighted by atomic mass is 16.6. The Labute approximate surface area is 112 Å². The van der Waals surface area contributed by atoms with Crippen LogP contribution in [0.5, 0.6) is 6.01 Å². The molecule has 20 heavy (non-hydrogen) atoms. The van der Waals surface area contributed by atoms with Crippen LogP contribution in [0.3, 0.4) is 0 Å². The first-order valence-corrected chi connectivity index (χ1v) is 5.67. The summed E-state index contributed by atoms with van der Waals surface area (Å²) in [5.74, 6) is 5.55. The summed E-state index contributed by atoms with van der Waals surface area (Å²) in [6.45, 7) is 2.01. The summed E-state index contributed by atoms with van der Waals surface area (Å²) >= 11 is 0. The van der Waals surface area contributed by atoms with E-state index in [1.54, 1.807) is 6.92 Å². The van der Waals surface area contributed by atoms with Crippen molar-refractivity contribution in [2.75, 3.05) is 12.4 Å². The van der Waals surface area contributed by atoms with E-state index in [-0.39, 0.29) is 17.4 Å². The molecule has 0 atom stereocenters. The number of nitrogens with two attached hydrogens (primary N) is 1. The molecule has 1 aromatic heterocycles. The van der Waals surface area contributed by atoms with Crippen LogP contribution in [0.1, 0.15) is 6.92 Å². The second-order valence-corrected chi connectivity index (χ2v) is 3.74. The van der Waals surface area contributed by atoms with Crippen LogP contribution >= 0.6 is 0 Å². The van der Waals surface area contributed by atoms with E-state index < -0.39 is 10.5 Å². The Morgan fingerprint density at radius 1 is 1.35 bits per heavy atom. The third-order valence-corrected chi connectivity index (χ3v) is 2.49. The van der Waals surface area contributed by atoms with E-state index in [9.17, 15) is 14.9 Å². The van der Waals surface area contributed by atoms with Crippen molar-refractivity contribution in [1.82, 2.24) is 14.9 Å². The van der Waals surface area contributed by atoms with Crippen LogP contribution in [0.4, 0.5) is 5.69 Å². The molecule has 2 rings (SSSR count). The average Bonchev–Trinajstić information content (AvgIpc) is 2.44. The van der Waals surface area contributed by atoms with E-state index in [0.29, 0.717) is 12.2 Å². The van der Waals surface area contributed by atoms with Gasteiger partial charge in [-0.3, -0.25) is 14.9 Å². The number of nitrogen functional groups attached to an aromatic ring is 1. The van der Waals surface area contributed by atoms with Crippen molar-refractivity contribution in [1.29, 1.82) is 0 Å². The summed E-state index contributed by atoms with van der Waals surface area (Å²) in [5, 5.41) is 18.0. The fourth-order valence-corrected chi connectivity index (χ4v) is 1.53. The molecule has 0 aliphatic rings. The highest BCUT2D eigenvalue weighted by Gasteiger charge is 2.14. The third kappa shape index (κ3) is 2.41. The van der Waals surface area contributed by atoms with E-state index in [1.807, 2.05) is 0 Å².